The Labute approximate surface area is 104 Å². The second-order valence-corrected chi connectivity index (χ2v) is 6.73. The zero-order valence-corrected chi connectivity index (χ0v) is 11.2. The molecule has 0 radical (unpaired) electrons. The molecule has 0 bridgehead atoms. The van der Waals surface area contributed by atoms with E-state index in [-0.39, 0.29) is 0 Å². The first-order valence-corrected chi connectivity index (χ1v) is 8.00. The highest BCUT2D eigenvalue weighted by Gasteiger charge is 2.31. The summed E-state index contributed by atoms with van der Waals surface area (Å²) in [5, 5.41) is 0. The lowest BCUT2D eigenvalue weighted by atomic mass is 9.80. The fourth-order valence-electron chi connectivity index (χ4n) is 3.14. The number of hydrogen-bond acceptors (Lipinski definition) is 3. The van der Waals surface area contributed by atoms with Crippen molar-refractivity contribution in [1.29, 1.82) is 0 Å². The van der Waals surface area contributed by atoms with Gasteiger partial charge in [0.1, 0.15) is 0 Å². The van der Waals surface area contributed by atoms with Crippen LogP contribution in [0.25, 0.3) is 0 Å². The molecule has 0 amide bonds. The predicted octanol–water partition coefficient (Wildman–Crippen LogP) is 2.33. The fourth-order valence-corrected chi connectivity index (χ4v) is 4.12. The summed E-state index contributed by atoms with van der Waals surface area (Å²) in [7, 11) is 0. The third kappa shape index (κ3) is 3.38. The zero-order valence-electron chi connectivity index (χ0n) is 10.4. The SMILES string of the molecule is NCC1(CN2CCSCC2)CCCCCC1. The van der Waals surface area contributed by atoms with Crippen molar-refractivity contribution < 1.29 is 0 Å². The molecule has 1 saturated carbocycles. The number of nitrogens with two attached hydrogens (primary N) is 1. The van der Waals surface area contributed by atoms with Crippen molar-refractivity contribution in [3.8, 4) is 0 Å². The second kappa shape index (κ2) is 6.27. The van der Waals surface area contributed by atoms with Crippen molar-refractivity contribution in [2.45, 2.75) is 38.5 Å². The number of nitrogens with zero attached hydrogens (tertiary/aromatic N) is 1. The van der Waals surface area contributed by atoms with E-state index in [1.807, 2.05) is 0 Å². The van der Waals surface area contributed by atoms with Gasteiger partial charge in [0.25, 0.3) is 0 Å². The van der Waals surface area contributed by atoms with Crippen molar-refractivity contribution in [3.05, 3.63) is 0 Å². The Hall–Kier alpha value is 0.270. The molecule has 16 heavy (non-hydrogen) atoms. The van der Waals surface area contributed by atoms with Crippen LogP contribution in [-0.4, -0.2) is 42.6 Å². The molecule has 1 saturated heterocycles. The van der Waals surface area contributed by atoms with E-state index in [4.69, 9.17) is 5.73 Å². The lowest BCUT2D eigenvalue weighted by Gasteiger charge is -2.38. The van der Waals surface area contributed by atoms with Crippen LogP contribution in [0.3, 0.4) is 0 Å². The summed E-state index contributed by atoms with van der Waals surface area (Å²) in [5.41, 5.74) is 6.55. The summed E-state index contributed by atoms with van der Waals surface area (Å²) in [6.45, 7) is 4.74. The first-order valence-electron chi connectivity index (χ1n) is 6.85. The summed E-state index contributed by atoms with van der Waals surface area (Å²) in [4.78, 5) is 2.66. The van der Waals surface area contributed by atoms with Gasteiger partial charge in [-0.2, -0.15) is 11.8 Å². The topological polar surface area (TPSA) is 29.3 Å². The molecule has 2 aliphatic rings. The van der Waals surface area contributed by atoms with Gasteiger partial charge < -0.3 is 10.6 Å². The molecular weight excluding hydrogens is 216 g/mol. The lowest BCUT2D eigenvalue weighted by Crippen LogP contribution is -2.45. The van der Waals surface area contributed by atoms with Crippen LogP contribution in [-0.2, 0) is 0 Å². The van der Waals surface area contributed by atoms with E-state index in [0.717, 1.165) is 6.54 Å². The van der Waals surface area contributed by atoms with Gasteiger partial charge in [0.15, 0.2) is 0 Å². The molecule has 0 aromatic carbocycles. The van der Waals surface area contributed by atoms with Gasteiger partial charge in [0, 0.05) is 31.1 Å². The van der Waals surface area contributed by atoms with Gasteiger partial charge in [0.2, 0.25) is 0 Å². The summed E-state index contributed by atoms with van der Waals surface area (Å²) in [6.07, 6.45) is 8.40. The Morgan fingerprint density at radius 2 is 1.62 bits per heavy atom. The maximum atomic E-state index is 6.09. The van der Waals surface area contributed by atoms with E-state index in [0.29, 0.717) is 5.41 Å². The van der Waals surface area contributed by atoms with Crippen molar-refractivity contribution >= 4 is 11.8 Å². The molecule has 2 N–H and O–H groups in total. The van der Waals surface area contributed by atoms with E-state index in [2.05, 4.69) is 16.7 Å². The van der Waals surface area contributed by atoms with Gasteiger partial charge >= 0.3 is 0 Å². The molecule has 2 rings (SSSR count). The lowest BCUT2D eigenvalue weighted by molar-refractivity contribution is 0.145. The number of rotatable bonds is 3. The zero-order chi connectivity index (χ0) is 11.3. The van der Waals surface area contributed by atoms with Gasteiger partial charge in [-0.15, -0.1) is 0 Å². The summed E-state index contributed by atoms with van der Waals surface area (Å²) >= 11 is 2.10. The average molecular weight is 242 g/mol. The summed E-state index contributed by atoms with van der Waals surface area (Å²) in [5.74, 6) is 2.64. The highest BCUT2D eigenvalue weighted by molar-refractivity contribution is 7.99. The Morgan fingerprint density at radius 3 is 2.19 bits per heavy atom. The van der Waals surface area contributed by atoms with Gasteiger partial charge in [-0.1, -0.05) is 25.7 Å². The van der Waals surface area contributed by atoms with Gasteiger partial charge in [-0.05, 0) is 24.8 Å². The van der Waals surface area contributed by atoms with Crippen molar-refractivity contribution in [1.82, 2.24) is 4.90 Å². The third-order valence-corrected chi connectivity index (χ3v) is 5.20. The van der Waals surface area contributed by atoms with Crippen LogP contribution in [0.15, 0.2) is 0 Å². The molecule has 94 valence electrons. The van der Waals surface area contributed by atoms with Crippen molar-refractivity contribution in [3.63, 3.8) is 0 Å². The first-order chi connectivity index (χ1) is 7.85. The standard InChI is InChI=1S/C13H26N2S/c14-11-13(5-3-1-2-4-6-13)12-15-7-9-16-10-8-15/h1-12,14H2. The number of thioether (sulfide) groups is 1. The van der Waals surface area contributed by atoms with Crippen molar-refractivity contribution in [2.75, 3.05) is 37.7 Å². The third-order valence-electron chi connectivity index (χ3n) is 4.26. The van der Waals surface area contributed by atoms with Gasteiger partial charge in [-0.3, -0.25) is 0 Å². The van der Waals surface area contributed by atoms with E-state index in [9.17, 15) is 0 Å². The summed E-state index contributed by atoms with van der Waals surface area (Å²) in [6, 6.07) is 0. The highest BCUT2D eigenvalue weighted by atomic mass is 32.2. The molecule has 0 unspecified atom stereocenters. The van der Waals surface area contributed by atoms with Gasteiger partial charge in [-0.25, -0.2) is 0 Å². The maximum Gasteiger partial charge on any atom is 0.00729 e. The molecule has 0 atom stereocenters. The molecule has 0 spiro atoms. The minimum absolute atomic E-state index is 0.457. The molecule has 0 aromatic rings. The molecule has 0 aromatic heterocycles. The smallest absolute Gasteiger partial charge is 0.00729 e. The largest absolute Gasteiger partial charge is 0.330 e. The normalized spacial score (nSPS) is 27.6. The summed E-state index contributed by atoms with van der Waals surface area (Å²) < 4.78 is 0. The molecule has 2 fully saturated rings. The molecule has 2 nitrogen and oxygen atoms in total. The molecular formula is C13H26N2S. The second-order valence-electron chi connectivity index (χ2n) is 5.51. The average Bonchev–Trinajstić information content (AvgIpc) is 2.57. The number of hydrogen-bond donors (Lipinski definition) is 1. The molecule has 3 heteroatoms. The Kier molecular flexibility index (Phi) is 4.98. The van der Waals surface area contributed by atoms with E-state index in [1.54, 1.807) is 0 Å². The van der Waals surface area contributed by atoms with Crippen LogP contribution in [0.2, 0.25) is 0 Å². The van der Waals surface area contributed by atoms with E-state index >= 15 is 0 Å². The van der Waals surface area contributed by atoms with Gasteiger partial charge in [0.05, 0.1) is 0 Å². The van der Waals surface area contributed by atoms with Crippen LogP contribution >= 0.6 is 11.8 Å². The quantitative estimate of drug-likeness (QED) is 0.770. The van der Waals surface area contributed by atoms with Crippen LogP contribution < -0.4 is 5.73 Å². The van der Waals surface area contributed by atoms with E-state index < -0.39 is 0 Å². The minimum Gasteiger partial charge on any atom is -0.330 e. The van der Waals surface area contributed by atoms with Crippen LogP contribution in [0.5, 0.6) is 0 Å². The monoisotopic (exact) mass is 242 g/mol. The fraction of sp³-hybridized carbons (Fsp3) is 1.00. The van der Waals surface area contributed by atoms with Crippen molar-refractivity contribution in [2.24, 2.45) is 11.1 Å². The molecule has 1 aliphatic carbocycles. The van der Waals surface area contributed by atoms with Crippen LogP contribution in [0.4, 0.5) is 0 Å². The maximum absolute atomic E-state index is 6.09. The first kappa shape index (κ1) is 12.7. The molecule has 1 heterocycles. The Bertz CT molecular complexity index is 194. The highest BCUT2D eigenvalue weighted by Crippen LogP contribution is 2.35. The molecule has 1 aliphatic heterocycles. The van der Waals surface area contributed by atoms with Crippen LogP contribution in [0, 0.1) is 5.41 Å². The Balaban J connectivity index is 1.90. The minimum atomic E-state index is 0.457. The van der Waals surface area contributed by atoms with Crippen LogP contribution in [0.1, 0.15) is 38.5 Å². The Morgan fingerprint density at radius 1 is 1.00 bits per heavy atom. The van der Waals surface area contributed by atoms with E-state index in [1.165, 1.54) is 69.7 Å². The predicted molar refractivity (Wildman–Crippen MR) is 73.0 cm³/mol.